The van der Waals surface area contributed by atoms with Gasteiger partial charge in [-0.15, -0.1) is 0 Å². The number of methoxy groups -OCH3 is 1. The molecule has 0 aliphatic carbocycles. The van der Waals surface area contributed by atoms with E-state index in [1.807, 2.05) is 0 Å². The molecule has 3 nitrogen and oxygen atoms in total. The molecule has 0 spiro atoms. The summed E-state index contributed by atoms with van der Waals surface area (Å²) in [7, 11) is 1.36. The fourth-order valence-electron chi connectivity index (χ4n) is 3.32. The highest BCUT2D eigenvalue weighted by molar-refractivity contribution is 5.74. The van der Waals surface area contributed by atoms with Crippen molar-refractivity contribution in [2.24, 2.45) is 5.92 Å². The van der Waals surface area contributed by atoms with Gasteiger partial charge in [0.2, 0.25) is 0 Å². The van der Waals surface area contributed by atoms with Gasteiger partial charge in [0.1, 0.15) is 0 Å². The molecule has 0 aliphatic heterocycles. The lowest BCUT2D eigenvalue weighted by Crippen LogP contribution is -2.30. The van der Waals surface area contributed by atoms with Crippen LogP contribution in [0.5, 0.6) is 0 Å². The Morgan fingerprint density at radius 3 is 1.54 bits per heavy atom. The van der Waals surface area contributed by atoms with Crippen LogP contribution in [-0.4, -0.2) is 24.3 Å². The molecule has 3 heteroatoms. The van der Waals surface area contributed by atoms with Gasteiger partial charge in [-0.05, 0) is 18.8 Å². The highest BCUT2D eigenvalue weighted by Gasteiger charge is 2.25. The maximum atomic E-state index is 11.6. The van der Waals surface area contributed by atoms with E-state index in [0.717, 1.165) is 25.7 Å². The summed E-state index contributed by atoms with van der Waals surface area (Å²) in [5.41, 5.74) is 0. The van der Waals surface area contributed by atoms with Crippen LogP contribution >= 0.6 is 0 Å². The molecule has 0 bridgehead atoms. The van der Waals surface area contributed by atoms with Crippen molar-refractivity contribution in [3.63, 3.8) is 0 Å². The summed E-state index contributed by atoms with van der Waals surface area (Å²) in [5.74, 6) is -0.398. The van der Waals surface area contributed by atoms with Gasteiger partial charge in [0.15, 0.2) is 6.10 Å². The van der Waals surface area contributed by atoms with Crippen molar-refractivity contribution in [3.05, 3.63) is 0 Å². The van der Waals surface area contributed by atoms with Gasteiger partial charge in [-0.1, -0.05) is 97.3 Å². The third-order valence-corrected chi connectivity index (χ3v) is 5.00. The lowest BCUT2D eigenvalue weighted by molar-refractivity contribution is -0.153. The number of hydrogen-bond donors (Lipinski definition) is 1. The molecular weight excluding hydrogens is 300 g/mol. The van der Waals surface area contributed by atoms with E-state index < -0.39 is 12.1 Å². The first-order chi connectivity index (χ1) is 11.7. The van der Waals surface area contributed by atoms with Crippen LogP contribution in [0.25, 0.3) is 0 Å². The number of ether oxygens (including phenoxy) is 1. The van der Waals surface area contributed by atoms with Gasteiger partial charge in [-0.3, -0.25) is 0 Å². The van der Waals surface area contributed by atoms with Crippen LogP contribution in [0.2, 0.25) is 0 Å². The quantitative estimate of drug-likeness (QED) is 0.259. The van der Waals surface area contributed by atoms with Gasteiger partial charge >= 0.3 is 5.97 Å². The zero-order chi connectivity index (χ0) is 18.0. The predicted octanol–water partition coefficient (Wildman–Crippen LogP) is 6.03. The molecule has 0 saturated carbocycles. The molecule has 0 rings (SSSR count). The smallest absolute Gasteiger partial charge is 0.334 e. The number of aliphatic hydroxyl groups is 1. The molecule has 0 radical (unpaired) electrons. The van der Waals surface area contributed by atoms with E-state index in [9.17, 15) is 9.90 Å². The summed E-state index contributed by atoms with van der Waals surface area (Å²) >= 11 is 0. The monoisotopic (exact) mass is 342 g/mol. The number of esters is 1. The summed E-state index contributed by atoms with van der Waals surface area (Å²) in [6.45, 7) is 4.45. The average molecular weight is 343 g/mol. The van der Waals surface area contributed by atoms with Crippen molar-refractivity contribution in [3.8, 4) is 0 Å². The van der Waals surface area contributed by atoms with Crippen LogP contribution in [0.3, 0.4) is 0 Å². The first-order valence-corrected chi connectivity index (χ1v) is 10.4. The number of carbonyl (C=O) groups excluding carboxylic acids is 1. The van der Waals surface area contributed by atoms with Gasteiger partial charge in [0, 0.05) is 0 Å². The second-order valence-corrected chi connectivity index (χ2v) is 7.19. The SMILES string of the molecule is CCCCCCCCCCCC(CCCCCC)C(O)C(=O)OC. The first kappa shape index (κ1) is 23.4. The largest absolute Gasteiger partial charge is 0.467 e. The van der Waals surface area contributed by atoms with Crippen LogP contribution < -0.4 is 0 Å². The molecule has 144 valence electrons. The van der Waals surface area contributed by atoms with E-state index >= 15 is 0 Å². The van der Waals surface area contributed by atoms with Crippen LogP contribution in [0.4, 0.5) is 0 Å². The Balaban J connectivity index is 3.88. The van der Waals surface area contributed by atoms with Crippen molar-refractivity contribution in [1.29, 1.82) is 0 Å². The third-order valence-electron chi connectivity index (χ3n) is 5.00. The van der Waals surface area contributed by atoms with E-state index in [1.54, 1.807) is 0 Å². The zero-order valence-corrected chi connectivity index (χ0v) is 16.5. The molecule has 0 aromatic carbocycles. The minimum Gasteiger partial charge on any atom is -0.467 e. The van der Waals surface area contributed by atoms with Gasteiger partial charge in [0.05, 0.1) is 7.11 Å². The highest BCUT2D eigenvalue weighted by Crippen LogP contribution is 2.23. The van der Waals surface area contributed by atoms with Crippen molar-refractivity contribution in [2.45, 2.75) is 116 Å². The van der Waals surface area contributed by atoms with E-state index in [2.05, 4.69) is 13.8 Å². The molecule has 0 amide bonds. The predicted molar refractivity (Wildman–Crippen MR) is 102 cm³/mol. The molecule has 0 saturated heterocycles. The second kappa shape index (κ2) is 17.3. The number of carbonyl (C=O) groups is 1. The fraction of sp³-hybridized carbons (Fsp3) is 0.952. The number of rotatable bonds is 17. The number of unbranched alkanes of at least 4 members (excludes halogenated alkanes) is 11. The topological polar surface area (TPSA) is 46.5 Å². The number of aliphatic hydroxyl groups excluding tert-OH is 1. The van der Waals surface area contributed by atoms with Crippen LogP contribution in [0.15, 0.2) is 0 Å². The van der Waals surface area contributed by atoms with Crippen molar-refractivity contribution in [2.75, 3.05) is 7.11 Å². The van der Waals surface area contributed by atoms with Crippen LogP contribution in [0.1, 0.15) is 110 Å². The molecule has 0 fully saturated rings. The first-order valence-electron chi connectivity index (χ1n) is 10.4. The van der Waals surface area contributed by atoms with Crippen molar-refractivity contribution < 1.29 is 14.6 Å². The maximum Gasteiger partial charge on any atom is 0.334 e. The summed E-state index contributed by atoms with van der Waals surface area (Å²) in [6.07, 6.45) is 17.4. The van der Waals surface area contributed by atoms with E-state index in [0.29, 0.717) is 0 Å². The Bertz CT molecular complexity index is 278. The fourth-order valence-corrected chi connectivity index (χ4v) is 3.32. The summed E-state index contributed by atoms with van der Waals surface area (Å²) < 4.78 is 4.72. The molecule has 2 unspecified atom stereocenters. The van der Waals surface area contributed by atoms with Crippen LogP contribution in [-0.2, 0) is 9.53 Å². The van der Waals surface area contributed by atoms with Gasteiger partial charge < -0.3 is 9.84 Å². The van der Waals surface area contributed by atoms with E-state index in [4.69, 9.17) is 4.74 Å². The lowest BCUT2D eigenvalue weighted by Gasteiger charge is -2.21. The lowest BCUT2D eigenvalue weighted by atomic mass is 9.89. The molecule has 0 aromatic heterocycles. The molecule has 0 aliphatic rings. The standard InChI is InChI=1S/C21H42O3/c1-4-6-8-10-11-12-13-14-16-18-19(17-15-9-7-5-2)20(22)21(23)24-3/h19-20,22H,4-18H2,1-3H3. The Hall–Kier alpha value is -0.570. The maximum absolute atomic E-state index is 11.6. The van der Waals surface area contributed by atoms with Gasteiger partial charge in [-0.2, -0.15) is 0 Å². The minimum atomic E-state index is -0.939. The second-order valence-electron chi connectivity index (χ2n) is 7.19. The van der Waals surface area contributed by atoms with Crippen molar-refractivity contribution >= 4 is 5.97 Å². The Labute approximate surface area is 150 Å². The average Bonchev–Trinajstić information content (AvgIpc) is 2.60. The van der Waals surface area contributed by atoms with Gasteiger partial charge in [-0.25, -0.2) is 4.79 Å². The minimum absolute atomic E-state index is 0.0684. The van der Waals surface area contributed by atoms with Crippen LogP contribution in [0, 0.1) is 5.92 Å². The molecule has 1 N–H and O–H groups in total. The Morgan fingerprint density at radius 2 is 1.12 bits per heavy atom. The summed E-state index contributed by atoms with van der Waals surface area (Å²) in [5, 5.41) is 10.2. The van der Waals surface area contributed by atoms with E-state index in [-0.39, 0.29) is 5.92 Å². The molecule has 24 heavy (non-hydrogen) atoms. The summed E-state index contributed by atoms with van der Waals surface area (Å²) in [4.78, 5) is 11.6. The Morgan fingerprint density at radius 1 is 0.750 bits per heavy atom. The highest BCUT2D eigenvalue weighted by atomic mass is 16.5. The Kier molecular flexibility index (Phi) is 16.8. The normalized spacial score (nSPS) is 13.7. The van der Waals surface area contributed by atoms with E-state index in [1.165, 1.54) is 77.7 Å². The molecule has 0 heterocycles. The molecule has 0 aromatic rings. The molecule has 2 atom stereocenters. The zero-order valence-electron chi connectivity index (χ0n) is 16.5. The molecular formula is C21H42O3. The van der Waals surface area contributed by atoms with Crippen molar-refractivity contribution in [1.82, 2.24) is 0 Å². The van der Waals surface area contributed by atoms with Gasteiger partial charge in [0.25, 0.3) is 0 Å². The third kappa shape index (κ3) is 12.8. The summed E-state index contributed by atoms with van der Waals surface area (Å²) in [6, 6.07) is 0. The number of hydrogen-bond acceptors (Lipinski definition) is 3.